The predicted octanol–water partition coefficient (Wildman–Crippen LogP) is 3.40. The molecule has 1 amide bonds. The molecule has 1 heterocycles. The number of piperidine rings is 1. The van der Waals surface area contributed by atoms with Gasteiger partial charge in [0.15, 0.2) is 0 Å². The average molecular weight is 401 g/mol. The van der Waals surface area contributed by atoms with Crippen molar-refractivity contribution in [3.8, 4) is 0 Å². The summed E-state index contributed by atoms with van der Waals surface area (Å²) in [6.07, 6.45) is 2.85. The first kappa shape index (κ1) is 16.3. The molecule has 1 aromatic carbocycles. The molecule has 5 heteroatoms. The second kappa shape index (κ2) is 6.77. The van der Waals surface area contributed by atoms with Gasteiger partial charge in [-0.05, 0) is 66.1 Å². The molecule has 0 aliphatic carbocycles. The van der Waals surface area contributed by atoms with E-state index >= 15 is 0 Å². The van der Waals surface area contributed by atoms with Gasteiger partial charge in [0.25, 0.3) is 5.91 Å². The Kier molecular flexibility index (Phi) is 5.24. The Morgan fingerprint density at radius 2 is 2.00 bits per heavy atom. The first-order valence-electron chi connectivity index (χ1n) is 7.27. The number of amides is 1. The smallest absolute Gasteiger partial charge is 0.311 e. The zero-order valence-corrected chi connectivity index (χ0v) is 14.3. The number of carboxylic acids is 1. The number of hydrogen-bond acceptors (Lipinski definition) is 2. The Bertz CT molecular complexity index is 525. The molecule has 1 N–H and O–H groups in total. The molecule has 1 saturated heterocycles. The topological polar surface area (TPSA) is 57.6 Å². The van der Waals surface area contributed by atoms with Crippen molar-refractivity contribution < 1.29 is 14.7 Å². The van der Waals surface area contributed by atoms with Gasteiger partial charge < -0.3 is 10.0 Å². The Labute approximate surface area is 138 Å². The maximum atomic E-state index is 12.6. The van der Waals surface area contributed by atoms with Crippen molar-refractivity contribution in [1.82, 2.24) is 4.90 Å². The zero-order valence-electron chi connectivity index (χ0n) is 12.1. The van der Waals surface area contributed by atoms with Crippen LogP contribution in [0.3, 0.4) is 0 Å². The Morgan fingerprint density at radius 3 is 2.57 bits per heavy atom. The molecule has 2 rings (SSSR count). The lowest BCUT2D eigenvalue weighted by atomic mass is 9.76. The summed E-state index contributed by atoms with van der Waals surface area (Å²) in [7, 11) is 0. The van der Waals surface area contributed by atoms with Crippen molar-refractivity contribution in [2.75, 3.05) is 13.1 Å². The third kappa shape index (κ3) is 3.56. The molecule has 0 radical (unpaired) electrons. The van der Waals surface area contributed by atoms with Crippen molar-refractivity contribution in [3.63, 3.8) is 0 Å². The fourth-order valence-electron chi connectivity index (χ4n) is 3.04. The van der Waals surface area contributed by atoms with Gasteiger partial charge in [-0.2, -0.15) is 0 Å². The molecule has 1 unspecified atom stereocenters. The zero-order chi connectivity index (χ0) is 15.5. The van der Waals surface area contributed by atoms with Crippen LogP contribution in [0.1, 0.15) is 43.0 Å². The Morgan fingerprint density at radius 1 is 1.33 bits per heavy atom. The summed E-state index contributed by atoms with van der Waals surface area (Å²) < 4.78 is 1.08. The van der Waals surface area contributed by atoms with Crippen molar-refractivity contribution in [1.29, 1.82) is 0 Å². The lowest BCUT2D eigenvalue weighted by molar-refractivity contribution is -0.152. The van der Waals surface area contributed by atoms with E-state index in [1.54, 1.807) is 17.0 Å². The fraction of sp³-hybridized carbons (Fsp3) is 0.500. The van der Waals surface area contributed by atoms with Crippen LogP contribution in [0.25, 0.3) is 0 Å². The third-order valence-electron chi connectivity index (χ3n) is 4.14. The molecule has 4 nitrogen and oxygen atoms in total. The van der Waals surface area contributed by atoms with Gasteiger partial charge in [-0.1, -0.05) is 13.3 Å². The van der Waals surface area contributed by atoms with Gasteiger partial charge in [0.1, 0.15) is 0 Å². The van der Waals surface area contributed by atoms with E-state index < -0.39 is 11.4 Å². The van der Waals surface area contributed by atoms with Crippen LogP contribution in [0.2, 0.25) is 0 Å². The maximum Gasteiger partial charge on any atom is 0.311 e. The average Bonchev–Trinajstić information content (AvgIpc) is 2.48. The summed E-state index contributed by atoms with van der Waals surface area (Å²) in [4.78, 5) is 25.9. The van der Waals surface area contributed by atoms with Crippen LogP contribution in [-0.2, 0) is 4.79 Å². The van der Waals surface area contributed by atoms with E-state index in [1.165, 1.54) is 0 Å². The first-order chi connectivity index (χ1) is 9.98. The number of rotatable bonds is 4. The molecule has 21 heavy (non-hydrogen) atoms. The number of hydrogen-bond donors (Lipinski definition) is 1. The quantitative estimate of drug-likeness (QED) is 0.787. The summed E-state index contributed by atoms with van der Waals surface area (Å²) in [5.41, 5.74) is -0.139. The predicted molar refractivity (Wildman–Crippen MR) is 89.3 cm³/mol. The summed E-state index contributed by atoms with van der Waals surface area (Å²) >= 11 is 2.20. The van der Waals surface area contributed by atoms with E-state index in [9.17, 15) is 14.7 Å². The molecule has 114 valence electrons. The van der Waals surface area contributed by atoms with Crippen LogP contribution in [0.5, 0.6) is 0 Å². The van der Waals surface area contributed by atoms with Crippen molar-refractivity contribution >= 4 is 34.5 Å². The first-order valence-corrected chi connectivity index (χ1v) is 8.34. The molecule has 0 bridgehead atoms. The summed E-state index contributed by atoms with van der Waals surface area (Å²) in [6, 6.07) is 7.41. The summed E-state index contributed by atoms with van der Waals surface area (Å²) in [5, 5.41) is 9.59. The SMILES string of the molecule is CCCC1(C(=O)O)CCCN(C(=O)c2ccc(I)cc2)C1. The van der Waals surface area contributed by atoms with E-state index in [1.807, 2.05) is 19.1 Å². The highest BCUT2D eigenvalue weighted by Crippen LogP contribution is 2.35. The van der Waals surface area contributed by atoms with Gasteiger partial charge in [0.2, 0.25) is 0 Å². The van der Waals surface area contributed by atoms with Crippen LogP contribution in [0.15, 0.2) is 24.3 Å². The van der Waals surface area contributed by atoms with Crippen LogP contribution in [0.4, 0.5) is 0 Å². The lowest BCUT2D eigenvalue weighted by Gasteiger charge is -2.40. The van der Waals surface area contributed by atoms with Crippen LogP contribution >= 0.6 is 22.6 Å². The van der Waals surface area contributed by atoms with Crippen molar-refractivity contribution in [2.24, 2.45) is 5.41 Å². The van der Waals surface area contributed by atoms with Crippen LogP contribution in [0, 0.1) is 8.99 Å². The van der Waals surface area contributed by atoms with E-state index in [0.717, 1.165) is 16.4 Å². The molecular formula is C16H20INO3. The maximum absolute atomic E-state index is 12.6. The van der Waals surface area contributed by atoms with E-state index in [-0.39, 0.29) is 5.91 Å². The highest BCUT2D eigenvalue weighted by Gasteiger charge is 2.42. The second-order valence-electron chi connectivity index (χ2n) is 5.67. The van der Waals surface area contributed by atoms with Crippen LogP contribution in [-0.4, -0.2) is 35.0 Å². The fourth-order valence-corrected chi connectivity index (χ4v) is 3.40. The second-order valence-corrected chi connectivity index (χ2v) is 6.92. The molecule has 0 spiro atoms. The lowest BCUT2D eigenvalue weighted by Crippen LogP contribution is -2.49. The van der Waals surface area contributed by atoms with Gasteiger partial charge in [-0.3, -0.25) is 9.59 Å². The van der Waals surface area contributed by atoms with Gasteiger partial charge in [-0.15, -0.1) is 0 Å². The minimum atomic E-state index is -0.774. The van der Waals surface area contributed by atoms with Crippen molar-refractivity contribution in [3.05, 3.63) is 33.4 Å². The largest absolute Gasteiger partial charge is 0.481 e. The highest BCUT2D eigenvalue weighted by atomic mass is 127. The molecule has 0 aromatic heterocycles. The highest BCUT2D eigenvalue weighted by molar-refractivity contribution is 14.1. The molecule has 1 atom stereocenters. The van der Waals surface area contributed by atoms with Crippen molar-refractivity contribution in [2.45, 2.75) is 32.6 Å². The summed E-state index contributed by atoms with van der Waals surface area (Å²) in [5.74, 6) is -0.836. The van der Waals surface area contributed by atoms with E-state index in [4.69, 9.17) is 0 Å². The number of carbonyl (C=O) groups is 2. The minimum absolute atomic E-state index is 0.0622. The van der Waals surface area contributed by atoms with Gasteiger partial charge in [0.05, 0.1) is 5.41 Å². The van der Waals surface area contributed by atoms with Gasteiger partial charge in [0, 0.05) is 22.2 Å². The Hall–Kier alpha value is -1.11. The number of carboxylic acid groups (broad SMARTS) is 1. The van der Waals surface area contributed by atoms with Gasteiger partial charge >= 0.3 is 5.97 Å². The Balaban J connectivity index is 2.18. The van der Waals surface area contributed by atoms with E-state index in [2.05, 4.69) is 22.6 Å². The number of carbonyl (C=O) groups excluding carboxylic acids is 1. The number of benzene rings is 1. The molecule has 1 aliphatic rings. The molecular weight excluding hydrogens is 381 g/mol. The minimum Gasteiger partial charge on any atom is -0.481 e. The normalized spacial score (nSPS) is 22.1. The third-order valence-corrected chi connectivity index (χ3v) is 4.86. The molecule has 0 saturated carbocycles. The standard InChI is InChI=1S/C16H20INO3/c1-2-8-16(15(20)21)9-3-10-18(11-16)14(19)12-4-6-13(17)7-5-12/h4-7H,2-3,8-11H2,1H3,(H,20,21). The number of halogens is 1. The number of likely N-dealkylation sites (tertiary alicyclic amines) is 1. The van der Waals surface area contributed by atoms with E-state index in [0.29, 0.717) is 31.5 Å². The van der Waals surface area contributed by atoms with Gasteiger partial charge in [-0.25, -0.2) is 0 Å². The summed E-state index contributed by atoms with van der Waals surface area (Å²) in [6.45, 7) is 2.95. The monoisotopic (exact) mass is 401 g/mol. The molecule has 1 aromatic rings. The molecule has 1 fully saturated rings. The number of nitrogens with zero attached hydrogens (tertiary/aromatic N) is 1. The number of aliphatic carboxylic acids is 1. The van der Waals surface area contributed by atoms with Crippen LogP contribution < -0.4 is 0 Å². The molecule has 1 aliphatic heterocycles.